The topological polar surface area (TPSA) is 106 Å². The number of nitrogens with zero attached hydrogens (tertiary/aromatic N) is 3. The van der Waals surface area contributed by atoms with Gasteiger partial charge in [0, 0.05) is 29.0 Å². The van der Waals surface area contributed by atoms with E-state index < -0.39 is 0 Å². The van der Waals surface area contributed by atoms with Crippen LogP contribution in [0.5, 0.6) is 11.5 Å². The van der Waals surface area contributed by atoms with Crippen LogP contribution >= 0.6 is 22.9 Å². The Bertz CT molecular complexity index is 1190. The second-order valence-corrected chi connectivity index (χ2v) is 8.71. The molecule has 2 aliphatic rings. The second-order valence-electron chi connectivity index (χ2n) is 7.26. The van der Waals surface area contributed by atoms with Gasteiger partial charge in [-0.05, 0) is 43.2 Å². The molecule has 0 radical (unpaired) electrons. The van der Waals surface area contributed by atoms with Crippen molar-refractivity contribution in [2.75, 3.05) is 24.0 Å². The number of rotatable bonds is 4. The molecule has 0 aliphatic carbocycles. The first-order chi connectivity index (χ1) is 15.6. The smallest absolute Gasteiger partial charge is 0.322 e. The Morgan fingerprint density at radius 1 is 1.06 bits per heavy atom. The number of carbonyl (C=O) groups is 2. The summed E-state index contributed by atoms with van der Waals surface area (Å²) in [4.78, 5) is 27.2. The Morgan fingerprint density at radius 3 is 2.78 bits per heavy atom. The lowest BCUT2D eigenvalue weighted by Gasteiger charge is -2.23. The molecule has 9 nitrogen and oxygen atoms in total. The number of amides is 3. The molecule has 2 N–H and O–H groups in total. The van der Waals surface area contributed by atoms with Crippen molar-refractivity contribution in [3.63, 3.8) is 0 Å². The van der Waals surface area contributed by atoms with Crippen LogP contribution in [0.4, 0.5) is 16.2 Å². The van der Waals surface area contributed by atoms with E-state index >= 15 is 0 Å². The number of halogens is 1. The first-order valence-electron chi connectivity index (χ1n) is 9.94. The van der Waals surface area contributed by atoms with Gasteiger partial charge in [-0.25, -0.2) is 4.79 Å². The van der Waals surface area contributed by atoms with Crippen LogP contribution in [0.25, 0.3) is 0 Å². The second kappa shape index (κ2) is 8.64. The molecule has 2 aliphatic heterocycles. The zero-order valence-corrected chi connectivity index (χ0v) is 18.3. The summed E-state index contributed by atoms with van der Waals surface area (Å²) in [5, 5.41) is 15.3. The Hall–Kier alpha value is -3.37. The van der Waals surface area contributed by atoms with Crippen LogP contribution < -0.4 is 20.1 Å². The van der Waals surface area contributed by atoms with E-state index in [1.807, 2.05) is 0 Å². The fourth-order valence-corrected chi connectivity index (χ4v) is 4.72. The van der Waals surface area contributed by atoms with E-state index in [0.29, 0.717) is 39.4 Å². The number of ether oxygens (including phenoxy) is 2. The predicted octanol–water partition coefficient (Wildman–Crippen LogP) is 4.54. The van der Waals surface area contributed by atoms with Crippen LogP contribution in [0.2, 0.25) is 5.02 Å². The number of fused-ring (bicyclic) bond motifs is 1. The minimum Gasteiger partial charge on any atom is -0.454 e. The van der Waals surface area contributed by atoms with Gasteiger partial charge in [-0.1, -0.05) is 29.0 Å². The van der Waals surface area contributed by atoms with Gasteiger partial charge in [-0.3, -0.25) is 4.79 Å². The number of urea groups is 1. The van der Waals surface area contributed by atoms with Crippen LogP contribution in [0, 0.1) is 0 Å². The van der Waals surface area contributed by atoms with E-state index in [2.05, 4.69) is 20.8 Å². The molecule has 11 heteroatoms. The maximum Gasteiger partial charge on any atom is 0.322 e. The number of benzene rings is 2. The highest BCUT2D eigenvalue weighted by Gasteiger charge is 2.33. The molecule has 1 atom stereocenters. The molecule has 32 heavy (non-hydrogen) atoms. The van der Waals surface area contributed by atoms with Crippen molar-refractivity contribution in [2.24, 2.45) is 0 Å². The number of anilines is 2. The molecular formula is C21H18ClN5O4S. The van der Waals surface area contributed by atoms with Gasteiger partial charge in [0.1, 0.15) is 5.01 Å². The minimum absolute atomic E-state index is 0.162. The summed E-state index contributed by atoms with van der Waals surface area (Å²) in [5.74, 6) is 0.840. The number of carbonyl (C=O) groups excluding carboxylic acids is 2. The molecule has 5 rings (SSSR count). The Balaban J connectivity index is 1.26. The normalized spacial score (nSPS) is 16.8. The van der Waals surface area contributed by atoms with Crippen molar-refractivity contribution < 1.29 is 19.1 Å². The average molecular weight is 472 g/mol. The summed E-state index contributed by atoms with van der Waals surface area (Å²) in [7, 11) is 0. The molecule has 1 saturated heterocycles. The van der Waals surface area contributed by atoms with Gasteiger partial charge in [0.05, 0.1) is 6.04 Å². The summed E-state index contributed by atoms with van der Waals surface area (Å²) in [6.45, 7) is 0.755. The van der Waals surface area contributed by atoms with Crippen LogP contribution in [-0.2, 0) is 0 Å². The maximum atomic E-state index is 12.8. The van der Waals surface area contributed by atoms with Crippen LogP contribution in [0.3, 0.4) is 0 Å². The molecule has 0 spiro atoms. The quantitative estimate of drug-likeness (QED) is 0.578. The van der Waals surface area contributed by atoms with Crippen molar-refractivity contribution in [1.82, 2.24) is 15.1 Å². The van der Waals surface area contributed by atoms with E-state index in [-0.39, 0.29) is 29.8 Å². The summed E-state index contributed by atoms with van der Waals surface area (Å²) < 4.78 is 10.6. The molecule has 1 aromatic heterocycles. The van der Waals surface area contributed by atoms with Gasteiger partial charge in [0.2, 0.25) is 11.8 Å². The van der Waals surface area contributed by atoms with Gasteiger partial charge < -0.3 is 25.0 Å². The monoisotopic (exact) mass is 471 g/mol. The highest BCUT2D eigenvalue weighted by Crippen LogP contribution is 2.36. The van der Waals surface area contributed by atoms with Gasteiger partial charge in [0.15, 0.2) is 11.5 Å². The van der Waals surface area contributed by atoms with Crippen molar-refractivity contribution in [1.29, 1.82) is 0 Å². The van der Waals surface area contributed by atoms with Crippen molar-refractivity contribution >= 4 is 46.3 Å². The lowest BCUT2D eigenvalue weighted by Crippen LogP contribution is -2.34. The van der Waals surface area contributed by atoms with E-state index in [9.17, 15) is 9.59 Å². The van der Waals surface area contributed by atoms with Gasteiger partial charge in [-0.15, -0.1) is 10.2 Å². The zero-order valence-electron chi connectivity index (χ0n) is 16.7. The average Bonchev–Trinajstić information content (AvgIpc) is 3.52. The highest BCUT2D eigenvalue weighted by atomic mass is 35.5. The fraction of sp³-hybridized carbons (Fsp3) is 0.238. The SMILES string of the molecule is O=C(Nc1ccc2c(c1)OCO2)c1nnc(C2CCCN2C(=O)Nc2cccc(Cl)c2)s1. The lowest BCUT2D eigenvalue weighted by molar-refractivity contribution is 0.102. The summed E-state index contributed by atoms with van der Waals surface area (Å²) in [5.41, 5.74) is 1.19. The van der Waals surface area contributed by atoms with E-state index in [4.69, 9.17) is 21.1 Å². The molecule has 3 aromatic rings. The molecule has 0 saturated carbocycles. The van der Waals surface area contributed by atoms with Gasteiger partial charge in [-0.2, -0.15) is 0 Å². The van der Waals surface area contributed by atoms with Crippen LogP contribution in [-0.4, -0.2) is 40.4 Å². The number of likely N-dealkylation sites (tertiary alicyclic amines) is 1. The zero-order chi connectivity index (χ0) is 22.1. The summed E-state index contributed by atoms with van der Waals surface area (Å²) in [6.07, 6.45) is 1.59. The van der Waals surface area contributed by atoms with Crippen LogP contribution in [0.15, 0.2) is 42.5 Å². The van der Waals surface area contributed by atoms with Crippen LogP contribution in [0.1, 0.15) is 33.7 Å². The van der Waals surface area contributed by atoms with Gasteiger partial charge in [0.25, 0.3) is 5.91 Å². The highest BCUT2D eigenvalue weighted by molar-refractivity contribution is 7.13. The van der Waals surface area contributed by atoms with E-state index in [1.165, 1.54) is 11.3 Å². The molecule has 0 bridgehead atoms. The summed E-state index contributed by atoms with van der Waals surface area (Å²) >= 11 is 7.18. The lowest BCUT2D eigenvalue weighted by atomic mass is 10.2. The first-order valence-corrected chi connectivity index (χ1v) is 11.1. The third-order valence-electron chi connectivity index (χ3n) is 5.14. The predicted molar refractivity (Wildman–Crippen MR) is 120 cm³/mol. The molecule has 1 unspecified atom stereocenters. The largest absolute Gasteiger partial charge is 0.454 e. The molecule has 2 aromatic carbocycles. The summed E-state index contributed by atoms with van der Waals surface area (Å²) in [6, 6.07) is 11.7. The number of hydrogen-bond acceptors (Lipinski definition) is 7. The number of hydrogen-bond donors (Lipinski definition) is 2. The molecule has 164 valence electrons. The van der Waals surface area contributed by atoms with Crippen molar-refractivity contribution in [3.05, 3.63) is 57.5 Å². The standard InChI is InChI=1S/C21H18ClN5O4S/c22-12-3-1-4-13(9-12)24-21(29)27-8-2-5-15(27)19-25-26-20(32-19)18(28)23-14-6-7-16-17(10-14)31-11-30-16/h1,3-4,6-7,9-10,15H,2,5,8,11H2,(H,23,28)(H,24,29). The molecular weight excluding hydrogens is 454 g/mol. The van der Waals surface area contributed by atoms with Gasteiger partial charge >= 0.3 is 6.03 Å². The van der Waals surface area contributed by atoms with Crippen molar-refractivity contribution in [2.45, 2.75) is 18.9 Å². The fourth-order valence-electron chi connectivity index (χ4n) is 3.65. The number of aromatic nitrogens is 2. The van der Waals surface area contributed by atoms with E-state index in [1.54, 1.807) is 47.4 Å². The van der Waals surface area contributed by atoms with Crippen molar-refractivity contribution in [3.8, 4) is 11.5 Å². The molecule has 1 fully saturated rings. The third-order valence-corrected chi connectivity index (χ3v) is 6.40. The maximum absolute atomic E-state index is 12.8. The molecule has 3 amide bonds. The van der Waals surface area contributed by atoms with E-state index in [0.717, 1.165) is 12.8 Å². The Morgan fingerprint density at radius 2 is 1.91 bits per heavy atom. The first kappa shape index (κ1) is 20.5. The third kappa shape index (κ3) is 4.19. The Labute approximate surface area is 192 Å². The number of nitrogens with one attached hydrogen (secondary N) is 2. The minimum atomic E-state index is -0.374. The molecule has 3 heterocycles. The Kier molecular flexibility index (Phi) is 5.54.